The van der Waals surface area contributed by atoms with Crippen molar-refractivity contribution in [2.24, 2.45) is 0 Å². The van der Waals surface area contributed by atoms with Crippen molar-refractivity contribution < 1.29 is 9.53 Å². The zero-order valence-electron chi connectivity index (χ0n) is 8.36. The quantitative estimate of drug-likeness (QED) is 0.682. The van der Waals surface area contributed by atoms with E-state index in [4.69, 9.17) is 4.74 Å². The predicted molar refractivity (Wildman–Crippen MR) is 54.3 cm³/mol. The highest BCUT2D eigenvalue weighted by atomic mass is 16.6. The molecule has 74 valence electrons. The van der Waals surface area contributed by atoms with Gasteiger partial charge in [-0.15, -0.1) is 0 Å². The molecule has 3 heteroatoms. The number of cyclic esters (lactones) is 1. The fraction of sp³-hybridized carbons (Fsp3) is 0.364. The Morgan fingerprint density at radius 3 is 2.43 bits per heavy atom. The van der Waals surface area contributed by atoms with E-state index in [1.807, 2.05) is 44.2 Å². The Labute approximate surface area is 83.3 Å². The van der Waals surface area contributed by atoms with Crippen LogP contribution in [0, 0.1) is 0 Å². The summed E-state index contributed by atoms with van der Waals surface area (Å²) >= 11 is 0. The summed E-state index contributed by atoms with van der Waals surface area (Å²) < 4.78 is 5.20. The Bertz CT molecular complexity index is 346. The fourth-order valence-corrected chi connectivity index (χ4v) is 1.57. The Balaban J connectivity index is 2.26. The number of carbonyl (C=O) groups excluding carboxylic acids is 1. The number of hydrogen-bond acceptors (Lipinski definition) is 2. The van der Waals surface area contributed by atoms with E-state index in [0.29, 0.717) is 6.54 Å². The number of anilines is 1. The van der Waals surface area contributed by atoms with Gasteiger partial charge in [-0.25, -0.2) is 4.79 Å². The SMILES string of the molecule is CC1(C)CN(c2ccccc2)C(=O)O1. The highest BCUT2D eigenvalue weighted by Crippen LogP contribution is 2.26. The van der Waals surface area contributed by atoms with Crippen molar-refractivity contribution >= 4 is 11.8 Å². The molecular weight excluding hydrogens is 178 g/mol. The molecule has 0 bridgehead atoms. The largest absolute Gasteiger partial charge is 0.441 e. The van der Waals surface area contributed by atoms with Gasteiger partial charge < -0.3 is 4.74 Å². The lowest BCUT2D eigenvalue weighted by molar-refractivity contribution is 0.0871. The lowest BCUT2D eigenvalue weighted by Crippen LogP contribution is -2.28. The molecule has 1 aliphatic heterocycles. The Morgan fingerprint density at radius 2 is 1.93 bits per heavy atom. The second-order valence-corrected chi connectivity index (χ2v) is 4.05. The minimum absolute atomic E-state index is 0.263. The van der Waals surface area contributed by atoms with Gasteiger partial charge in [0.05, 0.1) is 6.54 Å². The summed E-state index contributed by atoms with van der Waals surface area (Å²) in [6, 6.07) is 9.56. The first-order chi connectivity index (χ1) is 6.58. The zero-order chi connectivity index (χ0) is 10.2. The summed E-state index contributed by atoms with van der Waals surface area (Å²) in [5.74, 6) is 0. The van der Waals surface area contributed by atoms with Crippen LogP contribution in [0.1, 0.15) is 13.8 Å². The number of para-hydroxylation sites is 1. The summed E-state index contributed by atoms with van der Waals surface area (Å²) in [6.45, 7) is 4.43. The molecule has 2 rings (SSSR count). The van der Waals surface area contributed by atoms with E-state index in [2.05, 4.69) is 0 Å². The molecule has 0 aliphatic carbocycles. The minimum atomic E-state index is -0.382. The lowest BCUT2D eigenvalue weighted by atomic mass is 10.1. The predicted octanol–water partition coefficient (Wildman–Crippen LogP) is 2.42. The monoisotopic (exact) mass is 191 g/mol. The third kappa shape index (κ3) is 1.58. The molecule has 0 atom stereocenters. The van der Waals surface area contributed by atoms with Crippen LogP contribution in [0.3, 0.4) is 0 Å². The zero-order valence-corrected chi connectivity index (χ0v) is 8.36. The van der Waals surface area contributed by atoms with E-state index >= 15 is 0 Å². The first-order valence-electron chi connectivity index (χ1n) is 4.64. The molecule has 0 spiro atoms. The Kier molecular flexibility index (Phi) is 1.95. The van der Waals surface area contributed by atoms with Gasteiger partial charge in [-0.1, -0.05) is 18.2 Å². The van der Waals surface area contributed by atoms with Gasteiger partial charge in [-0.3, -0.25) is 4.90 Å². The number of nitrogens with zero attached hydrogens (tertiary/aromatic N) is 1. The number of ether oxygens (including phenoxy) is 1. The summed E-state index contributed by atoms with van der Waals surface area (Å²) in [4.78, 5) is 13.1. The van der Waals surface area contributed by atoms with Gasteiger partial charge in [0.1, 0.15) is 5.60 Å². The number of amides is 1. The van der Waals surface area contributed by atoms with E-state index in [9.17, 15) is 4.79 Å². The average Bonchev–Trinajstić information content (AvgIpc) is 2.41. The smallest absolute Gasteiger partial charge is 0.415 e. The van der Waals surface area contributed by atoms with E-state index in [0.717, 1.165) is 5.69 Å². The first kappa shape index (κ1) is 9.06. The summed E-state index contributed by atoms with van der Waals surface area (Å²) in [7, 11) is 0. The van der Waals surface area contributed by atoms with E-state index < -0.39 is 0 Å². The molecule has 1 aromatic carbocycles. The maximum atomic E-state index is 11.5. The van der Waals surface area contributed by atoms with Crippen LogP contribution in [0.25, 0.3) is 0 Å². The van der Waals surface area contributed by atoms with Crippen LogP contribution >= 0.6 is 0 Å². The van der Waals surface area contributed by atoms with Crippen LogP contribution < -0.4 is 4.90 Å². The fourth-order valence-electron chi connectivity index (χ4n) is 1.57. The van der Waals surface area contributed by atoms with Crippen molar-refractivity contribution in [3.8, 4) is 0 Å². The van der Waals surface area contributed by atoms with Crippen molar-refractivity contribution in [1.82, 2.24) is 0 Å². The maximum absolute atomic E-state index is 11.5. The lowest BCUT2D eigenvalue weighted by Gasteiger charge is -2.15. The Morgan fingerprint density at radius 1 is 1.29 bits per heavy atom. The van der Waals surface area contributed by atoms with Gasteiger partial charge >= 0.3 is 6.09 Å². The standard InChI is InChI=1S/C11H13NO2/c1-11(2)8-12(10(13)14-11)9-6-4-3-5-7-9/h3-7H,8H2,1-2H3. The second-order valence-electron chi connectivity index (χ2n) is 4.05. The average molecular weight is 191 g/mol. The van der Waals surface area contributed by atoms with E-state index in [-0.39, 0.29) is 11.7 Å². The molecule has 0 radical (unpaired) electrons. The van der Waals surface area contributed by atoms with Crippen LogP contribution in [0.15, 0.2) is 30.3 Å². The highest BCUT2D eigenvalue weighted by molar-refractivity contribution is 5.90. The minimum Gasteiger partial charge on any atom is -0.441 e. The first-order valence-corrected chi connectivity index (χ1v) is 4.64. The maximum Gasteiger partial charge on any atom is 0.415 e. The molecule has 0 N–H and O–H groups in total. The molecule has 1 aliphatic rings. The molecular formula is C11H13NO2. The highest BCUT2D eigenvalue weighted by Gasteiger charge is 2.38. The van der Waals surface area contributed by atoms with E-state index in [1.165, 1.54) is 0 Å². The summed E-state index contributed by atoms with van der Waals surface area (Å²) in [5, 5.41) is 0. The topological polar surface area (TPSA) is 29.5 Å². The molecule has 3 nitrogen and oxygen atoms in total. The van der Waals surface area contributed by atoms with E-state index in [1.54, 1.807) is 4.90 Å². The van der Waals surface area contributed by atoms with Gasteiger partial charge in [0.25, 0.3) is 0 Å². The van der Waals surface area contributed by atoms with Gasteiger partial charge in [0.15, 0.2) is 0 Å². The summed E-state index contributed by atoms with van der Waals surface area (Å²) in [6.07, 6.45) is -0.263. The van der Waals surface area contributed by atoms with Crippen LogP contribution in [0.2, 0.25) is 0 Å². The van der Waals surface area contributed by atoms with Gasteiger partial charge in [-0.05, 0) is 26.0 Å². The van der Waals surface area contributed by atoms with Gasteiger partial charge in [-0.2, -0.15) is 0 Å². The molecule has 0 saturated carbocycles. The number of hydrogen-bond donors (Lipinski definition) is 0. The van der Waals surface area contributed by atoms with Crippen molar-refractivity contribution in [1.29, 1.82) is 0 Å². The molecule has 1 heterocycles. The molecule has 14 heavy (non-hydrogen) atoms. The van der Waals surface area contributed by atoms with Gasteiger partial charge in [0, 0.05) is 5.69 Å². The molecule has 1 fully saturated rings. The number of benzene rings is 1. The van der Waals surface area contributed by atoms with Crippen molar-refractivity contribution in [3.05, 3.63) is 30.3 Å². The molecule has 0 aromatic heterocycles. The Hall–Kier alpha value is -1.51. The van der Waals surface area contributed by atoms with Crippen LogP contribution in [0.4, 0.5) is 10.5 Å². The number of carbonyl (C=O) groups is 1. The van der Waals surface area contributed by atoms with Crippen molar-refractivity contribution in [2.45, 2.75) is 19.4 Å². The van der Waals surface area contributed by atoms with Gasteiger partial charge in [0.2, 0.25) is 0 Å². The normalized spacial score (nSPS) is 19.6. The third-order valence-corrected chi connectivity index (χ3v) is 2.19. The summed E-state index contributed by atoms with van der Waals surface area (Å²) in [5.41, 5.74) is 0.510. The van der Waals surface area contributed by atoms with Crippen LogP contribution in [-0.2, 0) is 4.74 Å². The van der Waals surface area contributed by atoms with Crippen LogP contribution in [0.5, 0.6) is 0 Å². The molecule has 1 aromatic rings. The number of rotatable bonds is 1. The molecule has 0 unspecified atom stereocenters. The second kappa shape index (κ2) is 3.01. The molecule has 1 saturated heterocycles. The molecule has 1 amide bonds. The van der Waals surface area contributed by atoms with Crippen LogP contribution in [-0.4, -0.2) is 18.2 Å². The van der Waals surface area contributed by atoms with Crippen molar-refractivity contribution in [3.63, 3.8) is 0 Å². The van der Waals surface area contributed by atoms with Crippen molar-refractivity contribution in [2.75, 3.05) is 11.4 Å². The third-order valence-electron chi connectivity index (χ3n) is 2.19.